The number of carbonyl (C=O) groups excluding carboxylic acids is 2. The molecule has 146 valence electrons. The molecule has 0 atom stereocenters. The van der Waals surface area contributed by atoms with Crippen molar-refractivity contribution in [1.29, 1.82) is 0 Å². The van der Waals surface area contributed by atoms with E-state index in [1.54, 1.807) is 38.1 Å². The highest BCUT2D eigenvalue weighted by Gasteiger charge is 2.24. The molecule has 0 saturated heterocycles. The van der Waals surface area contributed by atoms with Gasteiger partial charge in [-0.2, -0.15) is 0 Å². The molecule has 2 rings (SSSR count). The second-order valence-corrected chi connectivity index (χ2v) is 5.93. The number of aryl methyl sites for hydroxylation is 2. The Morgan fingerprint density at radius 3 is 1.39 bits per heavy atom. The maximum absolute atomic E-state index is 12.4. The van der Waals surface area contributed by atoms with Gasteiger partial charge < -0.3 is 19.7 Å². The molecule has 0 aliphatic heterocycles. The first-order valence-electron chi connectivity index (χ1n) is 8.19. The molecule has 28 heavy (non-hydrogen) atoms. The van der Waals surface area contributed by atoms with Crippen LogP contribution in [0.2, 0.25) is 0 Å². The summed E-state index contributed by atoms with van der Waals surface area (Å²) in [5.41, 5.74) is 2.24. The van der Waals surface area contributed by atoms with Crippen molar-refractivity contribution in [2.75, 3.05) is 13.2 Å². The maximum Gasteiger partial charge on any atom is 0.341 e. The largest absolute Gasteiger partial charge is 0.479 e. The molecule has 0 amide bonds. The lowest BCUT2D eigenvalue weighted by Gasteiger charge is -2.17. The van der Waals surface area contributed by atoms with E-state index in [1.165, 1.54) is 12.1 Å². The van der Waals surface area contributed by atoms with Gasteiger partial charge in [-0.15, -0.1) is 0 Å². The van der Waals surface area contributed by atoms with Gasteiger partial charge in [0.2, 0.25) is 0 Å². The Kier molecular flexibility index (Phi) is 6.49. The number of benzene rings is 2. The summed E-state index contributed by atoms with van der Waals surface area (Å²) in [7, 11) is 0. The van der Waals surface area contributed by atoms with Crippen molar-refractivity contribution in [3.63, 3.8) is 0 Å². The standard InChI is InChI=1S/C20H18O8/c1-11-5-3-7-13(19(25)27-9-15(21)22)17(11)18-12(2)6-4-8-14(18)20(26)28-10-16(23)24/h3-8H,9-10H2,1-2H3,(H,21,22)(H,23,24). The molecule has 0 heterocycles. The molecule has 8 heteroatoms. The zero-order valence-electron chi connectivity index (χ0n) is 15.2. The van der Waals surface area contributed by atoms with Crippen molar-refractivity contribution in [3.8, 4) is 11.1 Å². The van der Waals surface area contributed by atoms with E-state index < -0.39 is 37.1 Å². The first-order chi connectivity index (χ1) is 13.2. The van der Waals surface area contributed by atoms with Crippen molar-refractivity contribution in [1.82, 2.24) is 0 Å². The molecule has 0 spiro atoms. The highest BCUT2D eigenvalue weighted by atomic mass is 16.6. The number of carboxylic acid groups (broad SMARTS) is 2. The summed E-state index contributed by atoms with van der Waals surface area (Å²) in [6.07, 6.45) is 0. The average molecular weight is 386 g/mol. The third-order valence-corrected chi connectivity index (χ3v) is 3.89. The Hall–Kier alpha value is -3.68. The van der Waals surface area contributed by atoms with Crippen molar-refractivity contribution < 1.29 is 38.9 Å². The van der Waals surface area contributed by atoms with Crippen molar-refractivity contribution in [3.05, 3.63) is 58.7 Å². The Morgan fingerprint density at radius 1 is 0.714 bits per heavy atom. The molecular weight excluding hydrogens is 368 g/mol. The van der Waals surface area contributed by atoms with E-state index in [2.05, 4.69) is 0 Å². The fourth-order valence-electron chi connectivity index (χ4n) is 2.75. The van der Waals surface area contributed by atoms with E-state index >= 15 is 0 Å². The van der Waals surface area contributed by atoms with E-state index in [4.69, 9.17) is 19.7 Å². The molecule has 0 aliphatic rings. The summed E-state index contributed by atoms with van der Waals surface area (Å²) in [5, 5.41) is 17.5. The fourth-order valence-corrected chi connectivity index (χ4v) is 2.75. The molecule has 0 fully saturated rings. The molecule has 2 aromatic carbocycles. The monoisotopic (exact) mass is 386 g/mol. The lowest BCUT2D eigenvalue weighted by atomic mass is 9.88. The zero-order valence-corrected chi connectivity index (χ0v) is 15.2. The molecular formula is C20H18O8. The number of carboxylic acids is 2. The van der Waals surface area contributed by atoms with Crippen LogP contribution in [0.1, 0.15) is 31.8 Å². The topological polar surface area (TPSA) is 127 Å². The van der Waals surface area contributed by atoms with Gasteiger partial charge in [0, 0.05) is 11.1 Å². The zero-order chi connectivity index (χ0) is 20.8. The van der Waals surface area contributed by atoms with Crippen LogP contribution in [0.4, 0.5) is 0 Å². The summed E-state index contributed by atoms with van der Waals surface area (Å²) in [6, 6.07) is 9.59. The van der Waals surface area contributed by atoms with Crippen LogP contribution in [-0.2, 0) is 19.1 Å². The normalized spacial score (nSPS) is 10.2. The number of rotatable bonds is 7. The Bertz CT molecular complexity index is 868. The van der Waals surface area contributed by atoms with Crippen LogP contribution >= 0.6 is 0 Å². The van der Waals surface area contributed by atoms with Crippen molar-refractivity contribution in [2.45, 2.75) is 13.8 Å². The van der Waals surface area contributed by atoms with E-state index in [-0.39, 0.29) is 11.1 Å². The second kappa shape index (κ2) is 8.81. The van der Waals surface area contributed by atoms with Crippen LogP contribution in [0.3, 0.4) is 0 Å². The summed E-state index contributed by atoms with van der Waals surface area (Å²) in [6.45, 7) is 1.85. The predicted octanol–water partition coefficient (Wildman–Crippen LogP) is 2.45. The highest BCUT2D eigenvalue weighted by Crippen LogP contribution is 2.34. The van der Waals surface area contributed by atoms with Gasteiger partial charge in [-0.1, -0.05) is 24.3 Å². The minimum Gasteiger partial charge on any atom is -0.479 e. The third kappa shape index (κ3) is 4.73. The molecule has 0 aliphatic carbocycles. The van der Waals surface area contributed by atoms with Crippen molar-refractivity contribution >= 4 is 23.9 Å². The summed E-state index contributed by atoms with van der Waals surface area (Å²) >= 11 is 0. The van der Waals surface area contributed by atoms with Gasteiger partial charge in [0.05, 0.1) is 11.1 Å². The highest BCUT2D eigenvalue weighted by molar-refractivity contribution is 6.05. The number of aliphatic carboxylic acids is 2. The quantitative estimate of drug-likeness (QED) is 0.695. The second-order valence-electron chi connectivity index (χ2n) is 5.93. The summed E-state index contributed by atoms with van der Waals surface area (Å²) in [4.78, 5) is 46.2. The lowest BCUT2D eigenvalue weighted by Crippen LogP contribution is -2.16. The van der Waals surface area contributed by atoms with Crippen molar-refractivity contribution in [2.24, 2.45) is 0 Å². The van der Waals surface area contributed by atoms with Crippen LogP contribution in [0.25, 0.3) is 11.1 Å². The van der Waals surface area contributed by atoms with Crippen LogP contribution < -0.4 is 0 Å². The van der Waals surface area contributed by atoms with Gasteiger partial charge in [0.25, 0.3) is 0 Å². The summed E-state index contributed by atoms with van der Waals surface area (Å²) < 4.78 is 9.59. The Balaban J connectivity index is 2.59. The number of hydrogen-bond acceptors (Lipinski definition) is 6. The van der Waals surface area contributed by atoms with E-state index in [1.807, 2.05) is 0 Å². The number of hydrogen-bond donors (Lipinski definition) is 2. The van der Waals surface area contributed by atoms with E-state index in [0.29, 0.717) is 22.3 Å². The fraction of sp³-hybridized carbons (Fsp3) is 0.200. The molecule has 0 bridgehead atoms. The molecule has 0 radical (unpaired) electrons. The predicted molar refractivity (Wildman–Crippen MR) is 97.2 cm³/mol. The summed E-state index contributed by atoms with van der Waals surface area (Å²) in [5.74, 6) is -4.30. The molecule has 0 saturated carbocycles. The molecule has 0 unspecified atom stereocenters. The maximum atomic E-state index is 12.4. The van der Waals surface area contributed by atoms with E-state index in [9.17, 15) is 19.2 Å². The van der Waals surface area contributed by atoms with Gasteiger partial charge in [0.1, 0.15) is 0 Å². The Labute approximate surface area is 160 Å². The number of carbonyl (C=O) groups is 4. The first-order valence-corrected chi connectivity index (χ1v) is 8.19. The lowest BCUT2D eigenvalue weighted by molar-refractivity contribution is -0.141. The molecule has 2 N–H and O–H groups in total. The van der Waals surface area contributed by atoms with Gasteiger partial charge >= 0.3 is 23.9 Å². The first kappa shape index (κ1) is 20.6. The van der Waals surface area contributed by atoms with Gasteiger partial charge in [0.15, 0.2) is 13.2 Å². The minimum absolute atomic E-state index is 0.0860. The number of ether oxygens (including phenoxy) is 2. The van der Waals surface area contributed by atoms with E-state index in [0.717, 1.165) is 0 Å². The SMILES string of the molecule is Cc1cccc(C(=O)OCC(=O)O)c1-c1c(C)cccc1C(=O)OCC(=O)O. The van der Waals surface area contributed by atoms with Crippen LogP contribution in [0.5, 0.6) is 0 Å². The Morgan fingerprint density at radius 2 is 1.07 bits per heavy atom. The third-order valence-electron chi connectivity index (χ3n) is 3.89. The smallest absolute Gasteiger partial charge is 0.341 e. The van der Waals surface area contributed by atoms with Gasteiger partial charge in [-0.3, -0.25) is 0 Å². The average Bonchev–Trinajstić information content (AvgIpc) is 2.64. The van der Waals surface area contributed by atoms with Gasteiger partial charge in [-0.05, 0) is 37.1 Å². The molecule has 8 nitrogen and oxygen atoms in total. The minimum atomic E-state index is -1.30. The van der Waals surface area contributed by atoms with Crippen LogP contribution in [-0.4, -0.2) is 47.3 Å². The van der Waals surface area contributed by atoms with Crippen LogP contribution in [0, 0.1) is 13.8 Å². The van der Waals surface area contributed by atoms with Crippen LogP contribution in [0.15, 0.2) is 36.4 Å². The molecule has 0 aromatic heterocycles. The number of esters is 2. The van der Waals surface area contributed by atoms with Gasteiger partial charge in [-0.25, -0.2) is 19.2 Å². The molecule has 2 aromatic rings.